The SMILES string of the molecule is CC(C)(O)C1CCCN1C(=O)NC1CCc2ccccc21. The zero-order chi connectivity index (χ0) is 15.0. The number of nitrogens with one attached hydrogen (secondary N) is 1. The zero-order valence-corrected chi connectivity index (χ0v) is 12.8. The summed E-state index contributed by atoms with van der Waals surface area (Å²) in [6.07, 6.45) is 3.82. The Bertz CT molecular complexity index is 536. The molecular formula is C17H24N2O2. The summed E-state index contributed by atoms with van der Waals surface area (Å²) in [5, 5.41) is 13.4. The van der Waals surface area contributed by atoms with E-state index in [1.54, 1.807) is 18.7 Å². The number of hydrogen-bond acceptors (Lipinski definition) is 2. The summed E-state index contributed by atoms with van der Waals surface area (Å²) in [4.78, 5) is 14.4. The van der Waals surface area contributed by atoms with Gasteiger partial charge in [-0.3, -0.25) is 0 Å². The normalized spacial score (nSPS) is 25.0. The third-order valence-electron chi connectivity index (χ3n) is 4.76. The maximum atomic E-state index is 12.6. The molecule has 2 unspecified atom stereocenters. The first-order valence-electron chi connectivity index (χ1n) is 7.84. The molecule has 0 bridgehead atoms. The average molecular weight is 288 g/mol. The second-order valence-corrected chi connectivity index (χ2v) is 6.74. The highest BCUT2D eigenvalue weighted by Gasteiger charge is 2.39. The van der Waals surface area contributed by atoms with Crippen LogP contribution in [0.4, 0.5) is 4.79 Å². The van der Waals surface area contributed by atoms with Gasteiger partial charge in [0.15, 0.2) is 0 Å². The van der Waals surface area contributed by atoms with E-state index in [-0.39, 0.29) is 18.1 Å². The lowest BCUT2D eigenvalue weighted by Crippen LogP contribution is -2.51. The van der Waals surface area contributed by atoms with Gasteiger partial charge >= 0.3 is 6.03 Å². The van der Waals surface area contributed by atoms with Gasteiger partial charge in [-0.1, -0.05) is 24.3 Å². The number of urea groups is 1. The van der Waals surface area contributed by atoms with Gasteiger partial charge in [0.2, 0.25) is 0 Å². The minimum atomic E-state index is -0.846. The molecule has 2 amide bonds. The Morgan fingerprint density at radius 1 is 1.33 bits per heavy atom. The van der Waals surface area contributed by atoms with Crippen LogP contribution in [0.1, 0.15) is 50.3 Å². The van der Waals surface area contributed by atoms with Crippen molar-refractivity contribution < 1.29 is 9.90 Å². The van der Waals surface area contributed by atoms with Gasteiger partial charge in [0, 0.05) is 6.54 Å². The van der Waals surface area contributed by atoms with Gasteiger partial charge in [-0.05, 0) is 50.7 Å². The summed E-state index contributed by atoms with van der Waals surface area (Å²) in [6.45, 7) is 4.30. The molecule has 2 aliphatic rings. The Hall–Kier alpha value is -1.55. The van der Waals surface area contributed by atoms with E-state index in [0.717, 1.165) is 32.2 Å². The van der Waals surface area contributed by atoms with Crippen LogP contribution in [0.5, 0.6) is 0 Å². The fourth-order valence-corrected chi connectivity index (χ4v) is 3.68. The van der Waals surface area contributed by atoms with Crippen LogP contribution in [0, 0.1) is 0 Å². The number of nitrogens with zero attached hydrogens (tertiary/aromatic N) is 1. The van der Waals surface area contributed by atoms with Crippen molar-refractivity contribution in [1.82, 2.24) is 10.2 Å². The van der Waals surface area contributed by atoms with Crippen molar-refractivity contribution in [2.45, 2.75) is 57.2 Å². The number of fused-ring (bicyclic) bond motifs is 1. The molecule has 0 saturated carbocycles. The lowest BCUT2D eigenvalue weighted by Gasteiger charge is -2.34. The summed E-state index contributed by atoms with van der Waals surface area (Å²) in [5.41, 5.74) is 1.73. The van der Waals surface area contributed by atoms with Gasteiger partial charge in [-0.15, -0.1) is 0 Å². The average Bonchev–Trinajstić information content (AvgIpc) is 3.05. The number of likely N-dealkylation sites (tertiary alicyclic amines) is 1. The summed E-state index contributed by atoms with van der Waals surface area (Å²) in [7, 11) is 0. The van der Waals surface area contributed by atoms with E-state index in [2.05, 4.69) is 17.4 Å². The molecule has 21 heavy (non-hydrogen) atoms. The molecule has 1 aromatic rings. The van der Waals surface area contributed by atoms with Crippen molar-refractivity contribution >= 4 is 6.03 Å². The van der Waals surface area contributed by atoms with Gasteiger partial charge in [0.05, 0.1) is 17.7 Å². The molecule has 0 spiro atoms. The molecule has 0 radical (unpaired) electrons. The van der Waals surface area contributed by atoms with Gasteiger partial charge in [-0.2, -0.15) is 0 Å². The molecule has 1 fully saturated rings. The first-order chi connectivity index (χ1) is 9.97. The summed E-state index contributed by atoms with van der Waals surface area (Å²) in [6, 6.07) is 8.29. The van der Waals surface area contributed by atoms with Crippen molar-refractivity contribution in [1.29, 1.82) is 0 Å². The van der Waals surface area contributed by atoms with Crippen LogP contribution in [0.15, 0.2) is 24.3 Å². The number of aliphatic hydroxyl groups is 1. The van der Waals surface area contributed by atoms with E-state index in [1.807, 2.05) is 12.1 Å². The van der Waals surface area contributed by atoms with Crippen LogP contribution in [0.25, 0.3) is 0 Å². The smallest absolute Gasteiger partial charge is 0.318 e. The van der Waals surface area contributed by atoms with Crippen molar-refractivity contribution in [3.05, 3.63) is 35.4 Å². The zero-order valence-electron chi connectivity index (χ0n) is 12.8. The molecular weight excluding hydrogens is 264 g/mol. The Morgan fingerprint density at radius 3 is 2.86 bits per heavy atom. The second kappa shape index (κ2) is 5.34. The van der Waals surface area contributed by atoms with E-state index >= 15 is 0 Å². The third-order valence-corrected chi connectivity index (χ3v) is 4.76. The Balaban J connectivity index is 1.70. The number of aryl methyl sites for hydroxylation is 1. The Morgan fingerprint density at radius 2 is 2.10 bits per heavy atom. The van der Waals surface area contributed by atoms with Crippen LogP contribution in [0.2, 0.25) is 0 Å². The van der Waals surface area contributed by atoms with Crippen molar-refractivity contribution in [2.24, 2.45) is 0 Å². The number of carbonyl (C=O) groups is 1. The van der Waals surface area contributed by atoms with Gasteiger partial charge in [-0.25, -0.2) is 4.79 Å². The number of hydrogen-bond donors (Lipinski definition) is 2. The summed E-state index contributed by atoms with van der Waals surface area (Å²) >= 11 is 0. The van der Waals surface area contributed by atoms with Crippen molar-refractivity contribution in [3.63, 3.8) is 0 Å². The number of amides is 2. The van der Waals surface area contributed by atoms with E-state index in [4.69, 9.17) is 0 Å². The lowest BCUT2D eigenvalue weighted by atomic mass is 9.97. The molecule has 4 heteroatoms. The molecule has 1 heterocycles. The minimum Gasteiger partial charge on any atom is -0.388 e. The molecule has 114 valence electrons. The van der Waals surface area contributed by atoms with Crippen molar-refractivity contribution in [3.8, 4) is 0 Å². The highest BCUT2D eigenvalue weighted by molar-refractivity contribution is 5.75. The molecule has 1 aliphatic heterocycles. The Kier molecular flexibility index (Phi) is 3.66. The molecule has 1 aliphatic carbocycles. The maximum absolute atomic E-state index is 12.6. The quantitative estimate of drug-likeness (QED) is 0.879. The predicted octanol–water partition coefficient (Wildman–Crippen LogP) is 2.62. The van der Waals surface area contributed by atoms with Crippen LogP contribution in [-0.2, 0) is 6.42 Å². The lowest BCUT2D eigenvalue weighted by molar-refractivity contribution is 0.00945. The second-order valence-electron chi connectivity index (χ2n) is 6.74. The first-order valence-corrected chi connectivity index (χ1v) is 7.84. The van der Waals surface area contributed by atoms with Crippen LogP contribution in [-0.4, -0.2) is 34.2 Å². The molecule has 1 aromatic carbocycles. The van der Waals surface area contributed by atoms with Crippen molar-refractivity contribution in [2.75, 3.05) is 6.54 Å². The molecule has 2 atom stereocenters. The van der Waals surface area contributed by atoms with E-state index in [9.17, 15) is 9.90 Å². The highest BCUT2D eigenvalue weighted by Crippen LogP contribution is 2.32. The van der Waals surface area contributed by atoms with Gasteiger partial charge < -0.3 is 15.3 Å². The standard InChI is InChI=1S/C17H24N2O2/c1-17(2,21)15-8-5-11-19(15)16(20)18-14-10-9-12-6-3-4-7-13(12)14/h3-4,6-7,14-15,21H,5,8-11H2,1-2H3,(H,18,20). The Labute approximate surface area is 126 Å². The van der Waals surface area contributed by atoms with E-state index in [1.165, 1.54) is 11.1 Å². The fourth-order valence-electron chi connectivity index (χ4n) is 3.68. The van der Waals surface area contributed by atoms with Gasteiger partial charge in [0.25, 0.3) is 0 Å². The first kappa shape index (κ1) is 14.4. The largest absolute Gasteiger partial charge is 0.388 e. The monoisotopic (exact) mass is 288 g/mol. The van der Waals surface area contributed by atoms with Gasteiger partial charge in [0.1, 0.15) is 0 Å². The summed E-state index contributed by atoms with van der Waals surface area (Å²) < 4.78 is 0. The van der Waals surface area contributed by atoms with E-state index in [0.29, 0.717) is 0 Å². The number of carbonyl (C=O) groups excluding carboxylic acids is 1. The fraction of sp³-hybridized carbons (Fsp3) is 0.588. The van der Waals surface area contributed by atoms with Crippen LogP contribution in [0.3, 0.4) is 0 Å². The number of benzene rings is 1. The summed E-state index contributed by atoms with van der Waals surface area (Å²) in [5.74, 6) is 0. The topological polar surface area (TPSA) is 52.6 Å². The number of rotatable bonds is 2. The molecule has 3 rings (SSSR count). The molecule has 0 aromatic heterocycles. The maximum Gasteiger partial charge on any atom is 0.318 e. The molecule has 4 nitrogen and oxygen atoms in total. The highest BCUT2D eigenvalue weighted by atomic mass is 16.3. The molecule has 1 saturated heterocycles. The van der Waals surface area contributed by atoms with Crippen LogP contribution < -0.4 is 5.32 Å². The van der Waals surface area contributed by atoms with Crippen LogP contribution >= 0.6 is 0 Å². The minimum absolute atomic E-state index is 0.0404. The molecule has 2 N–H and O–H groups in total. The van der Waals surface area contributed by atoms with E-state index < -0.39 is 5.60 Å². The third kappa shape index (κ3) is 2.77. The predicted molar refractivity (Wildman–Crippen MR) is 82.1 cm³/mol.